The number of amides is 2. The van der Waals surface area contributed by atoms with E-state index in [4.69, 9.17) is 0 Å². The molecule has 1 atom stereocenters. The lowest BCUT2D eigenvalue weighted by atomic mass is 10.1. The number of aromatic nitrogens is 1. The van der Waals surface area contributed by atoms with Crippen molar-refractivity contribution in [3.8, 4) is 0 Å². The third-order valence-electron chi connectivity index (χ3n) is 5.82. The molecule has 3 heterocycles. The first-order valence-corrected chi connectivity index (χ1v) is 9.40. The average Bonchev–Trinajstić information content (AvgIpc) is 3.04. The molecule has 0 N–H and O–H groups in total. The lowest BCUT2D eigenvalue weighted by molar-refractivity contribution is -0.139. The van der Waals surface area contributed by atoms with Gasteiger partial charge in [-0.2, -0.15) is 0 Å². The summed E-state index contributed by atoms with van der Waals surface area (Å²) in [6, 6.07) is 10.5. The van der Waals surface area contributed by atoms with Gasteiger partial charge in [0.15, 0.2) is 0 Å². The largest absolute Gasteiger partial charge is 0.341 e. The summed E-state index contributed by atoms with van der Waals surface area (Å²) >= 11 is 0. The van der Waals surface area contributed by atoms with Crippen LogP contribution in [0, 0.1) is 0 Å². The van der Waals surface area contributed by atoms with E-state index < -0.39 is 0 Å². The Kier molecular flexibility index (Phi) is 4.44. The van der Waals surface area contributed by atoms with Gasteiger partial charge in [-0.1, -0.05) is 18.2 Å². The van der Waals surface area contributed by atoms with Crippen LogP contribution >= 0.6 is 0 Å². The minimum Gasteiger partial charge on any atom is -0.341 e. The van der Waals surface area contributed by atoms with E-state index >= 15 is 0 Å². The minimum absolute atomic E-state index is 0.118. The van der Waals surface area contributed by atoms with Gasteiger partial charge in [-0.25, -0.2) is 0 Å². The topological polar surface area (TPSA) is 48.8 Å². The molecule has 0 spiro atoms. The van der Waals surface area contributed by atoms with E-state index in [2.05, 4.69) is 39.8 Å². The third kappa shape index (κ3) is 2.98. The summed E-state index contributed by atoms with van der Waals surface area (Å²) in [6.45, 7) is 8.82. The van der Waals surface area contributed by atoms with Crippen molar-refractivity contribution in [2.45, 2.75) is 33.0 Å². The Balaban J connectivity index is 1.43. The molecule has 1 aromatic carbocycles. The number of carbonyl (C=O) groups is 2. The summed E-state index contributed by atoms with van der Waals surface area (Å²) in [4.78, 5) is 30.5. The van der Waals surface area contributed by atoms with Gasteiger partial charge in [0.25, 0.3) is 0 Å². The summed E-state index contributed by atoms with van der Waals surface area (Å²) in [7, 11) is 0. The van der Waals surface area contributed by atoms with E-state index in [1.807, 2.05) is 16.7 Å². The average molecular weight is 354 g/mol. The van der Waals surface area contributed by atoms with Crippen molar-refractivity contribution in [2.24, 2.45) is 0 Å². The fourth-order valence-corrected chi connectivity index (χ4v) is 4.19. The van der Waals surface area contributed by atoms with E-state index in [0.717, 1.165) is 26.2 Å². The maximum atomic E-state index is 13.0. The van der Waals surface area contributed by atoms with Gasteiger partial charge < -0.3 is 14.4 Å². The van der Waals surface area contributed by atoms with Gasteiger partial charge in [-0.15, -0.1) is 0 Å². The van der Waals surface area contributed by atoms with Crippen LogP contribution < -0.4 is 0 Å². The molecule has 1 fully saturated rings. The van der Waals surface area contributed by atoms with E-state index in [9.17, 15) is 9.59 Å². The maximum Gasteiger partial charge on any atom is 0.240 e. The predicted octanol–water partition coefficient (Wildman–Crippen LogP) is 1.54. The lowest BCUT2D eigenvalue weighted by Gasteiger charge is -2.39. The highest BCUT2D eigenvalue weighted by Gasteiger charge is 2.31. The molecule has 6 heteroatoms. The van der Waals surface area contributed by atoms with Crippen LogP contribution in [0.5, 0.6) is 0 Å². The van der Waals surface area contributed by atoms with Crippen LogP contribution in [0.2, 0.25) is 0 Å². The SMILES string of the molecule is CC(=O)N1CCN(C(C)C(=O)N2CCn3c(cc4ccccc43)C2)CC1. The van der Waals surface area contributed by atoms with Crippen molar-refractivity contribution in [3.05, 3.63) is 36.0 Å². The number of carbonyl (C=O) groups excluding carboxylic acids is 2. The molecule has 4 rings (SSSR count). The molecular formula is C20H26N4O2. The summed E-state index contributed by atoms with van der Waals surface area (Å²) in [6.07, 6.45) is 0. The molecule has 2 aromatic rings. The molecule has 2 aliphatic rings. The Bertz CT molecular complexity index is 835. The zero-order chi connectivity index (χ0) is 18.3. The Morgan fingerprint density at radius 3 is 2.38 bits per heavy atom. The summed E-state index contributed by atoms with van der Waals surface area (Å²) in [5.41, 5.74) is 2.46. The van der Waals surface area contributed by atoms with Gasteiger partial charge in [0.1, 0.15) is 0 Å². The van der Waals surface area contributed by atoms with E-state index in [1.165, 1.54) is 16.6 Å². The van der Waals surface area contributed by atoms with Crippen molar-refractivity contribution in [1.82, 2.24) is 19.3 Å². The van der Waals surface area contributed by atoms with Crippen molar-refractivity contribution >= 4 is 22.7 Å². The summed E-state index contributed by atoms with van der Waals surface area (Å²) < 4.78 is 2.33. The first-order chi connectivity index (χ1) is 12.5. The highest BCUT2D eigenvalue weighted by Crippen LogP contribution is 2.24. The van der Waals surface area contributed by atoms with E-state index in [1.54, 1.807) is 6.92 Å². The molecule has 1 unspecified atom stereocenters. The number of rotatable bonds is 2. The molecular weight excluding hydrogens is 328 g/mol. The fourth-order valence-electron chi connectivity index (χ4n) is 4.19. The predicted molar refractivity (Wildman–Crippen MR) is 101 cm³/mol. The molecule has 6 nitrogen and oxygen atoms in total. The molecule has 0 radical (unpaired) electrons. The number of piperazine rings is 1. The number of benzene rings is 1. The first kappa shape index (κ1) is 17.1. The lowest BCUT2D eigenvalue weighted by Crippen LogP contribution is -2.55. The quantitative estimate of drug-likeness (QED) is 0.822. The number of hydrogen-bond acceptors (Lipinski definition) is 3. The zero-order valence-electron chi connectivity index (χ0n) is 15.5. The van der Waals surface area contributed by atoms with Crippen molar-refractivity contribution in [2.75, 3.05) is 32.7 Å². The number of fused-ring (bicyclic) bond motifs is 3. The second kappa shape index (κ2) is 6.76. The normalized spacial score (nSPS) is 19.5. The first-order valence-electron chi connectivity index (χ1n) is 9.40. The van der Waals surface area contributed by atoms with Crippen LogP contribution in [0.25, 0.3) is 10.9 Å². The van der Waals surface area contributed by atoms with E-state index in [0.29, 0.717) is 19.6 Å². The van der Waals surface area contributed by atoms with Gasteiger partial charge in [0.05, 0.1) is 12.6 Å². The van der Waals surface area contributed by atoms with Crippen molar-refractivity contribution in [3.63, 3.8) is 0 Å². The minimum atomic E-state index is -0.139. The molecule has 26 heavy (non-hydrogen) atoms. The number of hydrogen-bond donors (Lipinski definition) is 0. The molecule has 138 valence electrons. The smallest absolute Gasteiger partial charge is 0.240 e. The second-order valence-corrected chi connectivity index (χ2v) is 7.32. The Morgan fingerprint density at radius 1 is 0.962 bits per heavy atom. The van der Waals surface area contributed by atoms with Crippen LogP contribution in [0.3, 0.4) is 0 Å². The highest BCUT2D eigenvalue weighted by molar-refractivity contribution is 5.84. The van der Waals surface area contributed by atoms with Gasteiger partial charge in [-0.3, -0.25) is 14.5 Å². The highest BCUT2D eigenvalue weighted by atomic mass is 16.2. The molecule has 1 aromatic heterocycles. The van der Waals surface area contributed by atoms with Crippen molar-refractivity contribution < 1.29 is 9.59 Å². The van der Waals surface area contributed by atoms with Gasteiger partial charge in [0.2, 0.25) is 11.8 Å². The molecule has 0 aliphatic carbocycles. The van der Waals surface area contributed by atoms with Crippen LogP contribution in [-0.4, -0.2) is 69.8 Å². The van der Waals surface area contributed by atoms with Crippen molar-refractivity contribution in [1.29, 1.82) is 0 Å². The second-order valence-electron chi connectivity index (χ2n) is 7.32. The zero-order valence-corrected chi connectivity index (χ0v) is 15.5. The molecule has 0 saturated carbocycles. The monoisotopic (exact) mass is 354 g/mol. The maximum absolute atomic E-state index is 13.0. The summed E-state index contributed by atoms with van der Waals surface area (Å²) in [5, 5.41) is 1.24. The van der Waals surface area contributed by atoms with E-state index in [-0.39, 0.29) is 17.9 Å². The molecule has 1 saturated heterocycles. The van der Waals surface area contributed by atoms with Crippen LogP contribution in [0.1, 0.15) is 19.5 Å². The Labute approximate surface area is 154 Å². The van der Waals surface area contributed by atoms with Crippen LogP contribution in [0.15, 0.2) is 30.3 Å². The molecule has 2 aliphatic heterocycles. The Hall–Kier alpha value is -2.34. The number of para-hydroxylation sites is 1. The standard InChI is InChI=1S/C20H26N4O2/c1-15(21-7-9-22(10-8-21)16(2)25)20(26)23-11-12-24-18(14-23)13-17-5-3-4-6-19(17)24/h3-6,13,15H,7-12,14H2,1-2H3. The molecule has 2 amide bonds. The van der Waals surface area contributed by atoms with Gasteiger partial charge in [0, 0.05) is 57.4 Å². The van der Waals surface area contributed by atoms with Gasteiger partial charge in [-0.05, 0) is 24.4 Å². The van der Waals surface area contributed by atoms with Gasteiger partial charge >= 0.3 is 0 Å². The van der Waals surface area contributed by atoms with Crippen LogP contribution in [0.4, 0.5) is 0 Å². The third-order valence-corrected chi connectivity index (χ3v) is 5.82. The molecule has 0 bridgehead atoms. The number of nitrogens with zero attached hydrogens (tertiary/aromatic N) is 4. The fraction of sp³-hybridized carbons (Fsp3) is 0.500. The Morgan fingerprint density at radius 2 is 1.65 bits per heavy atom. The summed E-state index contributed by atoms with van der Waals surface area (Å²) in [5.74, 6) is 0.310. The van der Waals surface area contributed by atoms with Crippen LogP contribution in [-0.2, 0) is 22.7 Å².